The number of aliphatic hydroxyl groups is 1. The zero-order chi connectivity index (χ0) is 15.5. The molecular weight excluding hydrogens is 340 g/mol. The summed E-state index contributed by atoms with van der Waals surface area (Å²) in [4.78, 5) is 6.19. The minimum absolute atomic E-state index is 0.522. The fourth-order valence-electron chi connectivity index (χ4n) is 2.46. The SMILES string of the molecule is CN(CC(O)c1ccc(Br)cc1)c1ccc2cnccc2c1. The highest BCUT2D eigenvalue weighted by Gasteiger charge is 2.11. The third-order valence-electron chi connectivity index (χ3n) is 3.77. The van der Waals surface area contributed by atoms with Gasteiger partial charge in [-0.1, -0.05) is 34.1 Å². The van der Waals surface area contributed by atoms with Gasteiger partial charge in [-0.2, -0.15) is 0 Å². The standard InChI is InChI=1S/C18H17BrN2O/c1-21(12-18(22)13-2-5-16(19)6-3-13)17-7-4-15-11-20-9-8-14(15)10-17/h2-11,18,22H,12H2,1H3. The predicted octanol–water partition coefficient (Wildman–Crippen LogP) is 4.17. The second-order valence-electron chi connectivity index (χ2n) is 5.36. The number of aliphatic hydroxyl groups excluding tert-OH is 1. The maximum Gasteiger partial charge on any atom is 0.0964 e. The number of benzene rings is 2. The molecule has 1 aromatic heterocycles. The van der Waals surface area contributed by atoms with E-state index >= 15 is 0 Å². The van der Waals surface area contributed by atoms with Gasteiger partial charge in [0.25, 0.3) is 0 Å². The van der Waals surface area contributed by atoms with E-state index in [4.69, 9.17) is 0 Å². The summed E-state index contributed by atoms with van der Waals surface area (Å²) in [6.45, 7) is 0.540. The van der Waals surface area contributed by atoms with Crippen molar-refractivity contribution in [2.45, 2.75) is 6.10 Å². The average Bonchev–Trinajstić information content (AvgIpc) is 2.55. The number of fused-ring (bicyclic) bond motifs is 1. The van der Waals surface area contributed by atoms with Crippen LogP contribution in [0.3, 0.4) is 0 Å². The molecule has 0 fully saturated rings. The normalized spacial score (nSPS) is 12.3. The van der Waals surface area contributed by atoms with E-state index in [2.05, 4.69) is 44.0 Å². The third-order valence-corrected chi connectivity index (χ3v) is 4.30. The van der Waals surface area contributed by atoms with E-state index in [0.717, 1.165) is 26.5 Å². The lowest BCUT2D eigenvalue weighted by molar-refractivity contribution is 0.185. The number of likely N-dealkylation sites (N-methyl/N-ethyl adjacent to an activating group) is 1. The topological polar surface area (TPSA) is 36.4 Å². The lowest BCUT2D eigenvalue weighted by atomic mass is 10.1. The minimum Gasteiger partial charge on any atom is -0.387 e. The van der Waals surface area contributed by atoms with E-state index in [1.165, 1.54) is 0 Å². The van der Waals surface area contributed by atoms with Gasteiger partial charge >= 0.3 is 0 Å². The molecule has 0 aliphatic carbocycles. The number of rotatable bonds is 4. The van der Waals surface area contributed by atoms with Gasteiger partial charge in [-0.15, -0.1) is 0 Å². The zero-order valence-corrected chi connectivity index (χ0v) is 13.9. The van der Waals surface area contributed by atoms with E-state index < -0.39 is 6.10 Å². The van der Waals surface area contributed by atoms with Crippen molar-refractivity contribution in [3.63, 3.8) is 0 Å². The largest absolute Gasteiger partial charge is 0.387 e. The lowest BCUT2D eigenvalue weighted by Gasteiger charge is -2.23. The van der Waals surface area contributed by atoms with Crippen molar-refractivity contribution in [1.29, 1.82) is 0 Å². The molecular formula is C18H17BrN2O. The summed E-state index contributed by atoms with van der Waals surface area (Å²) in [5, 5.41) is 12.7. The highest BCUT2D eigenvalue weighted by atomic mass is 79.9. The van der Waals surface area contributed by atoms with Gasteiger partial charge in [0.05, 0.1) is 6.10 Å². The van der Waals surface area contributed by atoms with E-state index in [0.29, 0.717) is 6.54 Å². The Balaban J connectivity index is 1.77. The maximum absolute atomic E-state index is 10.4. The van der Waals surface area contributed by atoms with Crippen LogP contribution >= 0.6 is 15.9 Å². The van der Waals surface area contributed by atoms with Gasteiger partial charge in [-0.3, -0.25) is 4.98 Å². The van der Waals surface area contributed by atoms with Crippen molar-refractivity contribution < 1.29 is 5.11 Å². The number of anilines is 1. The Hall–Kier alpha value is -1.91. The summed E-state index contributed by atoms with van der Waals surface area (Å²) in [6.07, 6.45) is 3.13. The van der Waals surface area contributed by atoms with Crippen molar-refractivity contribution in [1.82, 2.24) is 4.98 Å². The molecule has 4 heteroatoms. The van der Waals surface area contributed by atoms with Crippen molar-refractivity contribution in [2.24, 2.45) is 0 Å². The first-order valence-corrected chi connectivity index (χ1v) is 7.91. The molecule has 0 saturated carbocycles. The first-order chi connectivity index (χ1) is 10.6. The molecule has 0 radical (unpaired) electrons. The monoisotopic (exact) mass is 356 g/mol. The molecule has 3 nitrogen and oxygen atoms in total. The van der Waals surface area contributed by atoms with Gasteiger partial charge in [-0.25, -0.2) is 0 Å². The minimum atomic E-state index is -0.522. The first kappa shape index (κ1) is 15.0. The fourth-order valence-corrected chi connectivity index (χ4v) is 2.73. The summed E-state index contributed by atoms with van der Waals surface area (Å²) >= 11 is 3.41. The Labute approximate surface area is 138 Å². The van der Waals surface area contributed by atoms with Crippen LogP contribution in [0, 0.1) is 0 Å². The van der Waals surface area contributed by atoms with Crippen molar-refractivity contribution in [3.8, 4) is 0 Å². The van der Waals surface area contributed by atoms with Gasteiger partial charge in [0.15, 0.2) is 0 Å². The van der Waals surface area contributed by atoms with Crippen LogP contribution in [0.25, 0.3) is 10.8 Å². The van der Waals surface area contributed by atoms with Crippen LogP contribution in [0.2, 0.25) is 0 Å². The number of nitrogens with zero attached hydrogens (tertiary/aromatic N) is 2. The number of halogens is 1. The Bertz CT molecular complexity index is 773. The molecule has 112 valence electrons. The first-order valence-electron chi connectivity index (χ1n) is 7.12. The molecule has 0 aliphatic rings. The quantitative estimate of drug-likeness (QED) is 0.762. The lowest BCUT2D eigenvalue weighted by Crippen LogP contribution is -2.24. The van der Waals surface area contributed by atoms with E-state index in [9.17, 15) is 5.11 Å². The zero-order valence-electron chi connectivity index (χ0n) is 12.3. The molecule has 0 saturated heterocycles. The molecule has 3 rings (SSSR count). The second-order valence-corrected chi connectivity index (χ2v) is 6.27. The van der Waals surface area contributed by atoms with Crippen LogP contribution in [0.1, 0.15) is 11.7 Å². The number of hydrogen-bond acceptors (Lipinski definition) is 3. The van der Waals surface area contributed by atoms with Crippen molar-refractivity contribution in [3.05, 3.63) is 71.0 Å². The van der Waals surface area contributed by atoms with Crippen LogP contribution in [0.5, 0.6) is 0 Å². The van der Waals surface area contributed by atoms with E-state index in [1.54, 1.807) is 6.20 Å². The van der Waals surface area contributed by atoms with E-state index in [-0.39, 0.29) is 0 Å². The molecule has 0 bridgehead atoms. The number of aromatic nitrogens is 1. The fraction of sp³-hybridized carbons (Fsp3) is 0.167. The van der Waals surface area contributed by atoms with Gasteiger partial charge < -0.3 is 10.0 Å². The smallest absolute Gasteiger partial charge is 0.0964 e. The van der Waals surface area contributed by atoms with Crippen LogP contribution in [-0.2, 0) is 0 Å². The molecule has 1 unspecified atom stereocenters. The summed E-state index contributed by atoms with van der Waals surface area (Å²) in [7, 11) is 1.99. The summed E-state index contributed by atoms with van der Waals surface area (Å²) < 4.78 is 1.01. The molecule has 0 aliphatic heterocycles. The highest BCUT2D eigenvalue weighted by Crippen LogP contribution is 2.23. The molecule has 0 amide bonds. The van der Waals surface area contributed by atoms with Crippen LogP contribution < -0.4 is 4.90 Å². The second kappa shape index (κ2) is 6.46. The van der Waals surface area contributed by atoms with E-state index in [1.807, 2.05) is 43.6 Å². The van der Waals surface area contributed by atoms with Gasteiger partial charge in [0.1, 0.15) is 0 Å². The average molecular weight is 357 g/mol. The van der Waals surface area contributed by atoms with Crippen LogP contribution in [0.4, 0.5) is 5.69 Å². The van der Waals surface area contributed by atoms with Crippen molar-refractivity contribution in [2.75, 3.05) is 18.5 Å². The van der Waals surface area contributed by atoms with Gasteiger partial charge in [-0.05, 0) is 41.3 Å². The van der Waals surface area contributed by atoms with Crippen LogP contribution in [-0.4, -0.2) is 23.7 Å². The number of hydrogen-bond donors (Lipinski definition) is 1. The molecule has 0 spiro atoms. The molecule has 2 aromatic carbocycles. The molecule has 1 N–H and O–H groups in total. The Morgan fingerprint density at radius 1 is 1.09 bits per heavy atom. The maximum atomic E-state index is 10.4. The van der Waals surface area contributed by atoms with Crippen LogP contribution in [0.15, 0.2) is 65.4 Å². The predicted molar refractivity (Wildman–Crippen MR) is 94.1 cm³/mol. The van der Waals surface area contributed by atoms with Gasteiger partial charge in [0, 0.05) is 41.5 Å². The summed E-state index contributed by atoms with van der Waals surface area (Å²) in [5.74, 6) is 0. The van der Waals surface area contributed by atoms with Gasteiger partial charge in [0.2, 0.25) is 0 Å². The number of pyridine rings is 1. The Morgan fingerprint density at radius 2 is 1.86 bits per heavy atom. The Morgan fingerprint density at radius 3 is 2.64 bits per heavy atom. The molecule has 1 atom stereocenters. The molecule has 1 heterocycles. The Kier molecular flexibility index (Phi) is 4.41. The highest BCUT2D eigenvalue weighted by molar-refractivity contribution is 9.10. The third kappa shape index (κ3) is 3.29. The summed E-state index contributed by atoms with van der Waals surface area (Å²) in [6, 6.07) is 16.0. The van der Waals surface area contributed by atoms with Crippen molar-refractivity contribution >= 4 is 32.4 Å². The summed E-state index contributed by atoms with van der Waals surface area (Å²) in [5.41, 5.74) is 2.00. The molecule has 3 aromatic rings. The molecule has 22 heavy (non-hydrogen) atoms.